The molecule has 1 heterocycles. The number of hydrogen-bond acceptors (Lipinski definition) is 2. The minimum Gasteiger partial charge on any atom is -0.340 e. The maximum Gasteiger partial charge on any atom is 0.130 e. The topological polar surface area (TPSA) is 24.9 Å². The first-order valence-electron chi connectivity index (χ1n) is 7.73. The van der Waals surface area contributed by atoms with Crippen molar-refractivity contribution in [1.29, 1.82) is 0 Å². The van der Waals surface area contributed by atoms with Crippen LogP contribution in [0.1, 0.15) is 50.8 Å². The summed E-state index contributed by atoms with van der Waals surface area (Å²) in [4.78, 5) is 4.79. The number of nitrogens with zero attached hydrogens (tertiary/aromatic N) is 1. The molecule has 0 amide bonds. The van der Waals surface area contributed by atoms with Gasteiger partial charge < -0.3 is 5.32 Å². The predicted octanol–water partition coefficient (Wildman–Crippen LogP) is 6.42. The Bertz CT molecular complexity index is 662. The van der Waals surface area contributed by atoms with Crippen LogP contribution in [0.2, 0.25) is 5.02 Å². The molecule has 0 unspecified atom stereocenters. The van der Waals surface area contributed by atoms with Crippen molar-refractivity contribution < 1.29 is 0 Å². The molecule has 2 aromatic rings. The van der Waals surface area contributed by atoms with E-state index in [0.29, 0.717) is 10.9 Å². The average molecular weight is 315 g/mol. The molecule has 116 valence electrons. The molecular weight excluding hydrogens is 292 g/mol. The fourth-order valence-corrected chi connectivity index (χ4v) is 2.62. The zero-order valence-electron chi connectivity index (χ0n) is 13.5. The van der Waals surface area contributed by atoms with Gasteiger partial charge in [-0.1, -0.05) is 51.4 Å². The van der Waals surface area contributed by atoms with Crippen LogP contribution in [0.4, 0.5) is 11.5 Å². The van der Waals surface area contributed by atoms with E-state index in [1.807, 2.05) is 30.3 Å². The van der Waals surface area contributed by atoms with E-state index < -0.39 is 0 Å². The van der Waals surface area contributed by atoms with Crippen LogP contribution in [0.3, 0.4) is 0 Å². The Hall–Kier alpha value is -1.80. The number of aromatic nitrogens is 1. The molecule has 0 aliphatic carbocycles. The highest BCUT2D eigenvalue weighted by molar-refractivity contribution is 6.30. The van der Waals surface area contributed by atoms with Crippen molar-refractivity contribution in [3.05, 3.63) is 59.3 Å². The molecule has 0 bridgehead atoms. The van der Waals surface area contributed by atoms with Gasteiger partial charge in [-0.15, -0.1) is 0 Å². The van der Waals surface area contributed by atoms with Crippen molar-refractivity contribution in [2.45, 2.75) is 39.5 Å². The quantitative estimate of drug-likeness (QED) is 0.665. The lowest BCUT2D eigenvalue weighted by atomic mass is 9.96. The molecule has 0 aliphatic rings. The molecular formula is C19H23ClN2. The second kappa shape index (κ2) is 7.46. The van der Waals surface area contributed by atoms with Crippen molar-refractivity contribution in [2.24, 2.45) is 0 Å². The lowest BCUT2D eigenvalue weighted by Gasteiger charge is -2.16. The van der Waals surface area contributed by atoms with Crippen LogP contribution in [-0.4, -0.2) is 4.98 Å². The number of nitrogens with one attached hydrogen (secondary N) is 1. The van der Waals surface area contributed by atoms with Gasteiger partial charge in [0.2, 0.25) is 0 Å². The molecule has 2 nitrogen and oxygen atoms in total. The van der Waals surface area contributed by atoms with Crippen molar-refractivity contribution in [3.63, 3.8) is 0 Å². The molecule has 1 aromatic heterocycles. The smallest absolute Gasteiger partial charge is 0.130 e. The third kappa shape index (κ3) is 4.11. The van der Waals surface area contributed by atoms with E-state index in [1.165, 1.54) is 5.56 Å². The number of rotatable bonds is 6. The normalized spacial score (nSPS) is 10.8. The summed E-state index contributed by atoms with van der Waals surface area (Å²) in [5, 5.41) is 4.02. The molecule has 0 radical (unpaired) electrons. The first-order valence-corrected chi connectivity index (χ1v) is 8.10. The minimum atomic E-state index is 0.352. The number of allylic oxidation sites excluding steroid dienone is 1. The van der Waals surface area contributed by atoms with Crippen molar-refractivity contribution in [2.75, 3.05) is 5.32 Å². The van der Waals surface area contributed by atoms with Crippen molar-refractivity contribution in [3.8, 4) is 0 Å². The third-order valence-electron chi connectivity index (χ3n) is 3.50. The Labute approximate surface area is 138 Å². The van der Waals surface area contributed by atoms with Crippen LogP contribution in [-0.2, 0) is 0 Å². The van der Waals surface area contributed by atoms with E-state index in [9.17, 15) is 0 Å². The number of anilines is 2. The number of halogens is 1. The van der Waals surface area contributed by atoms with E-state index in [-0.39, 0.29) is 0 Å². The minimum absolute atomic E-state index is 0.352. The number of benzene rings is 1. The first kappa shape index (κ1) is 16.6. The Morgan fingerprint density at radius 1 is 1.27 bits per heavy atom. The van der Waals surface area contributed by atoms with Crippen LogP contribution >= 0.6 is 11.6 Å². The van der Waals surface area contributed by atoms with Gasteiger partial charge in [-0.2, -0.15) is 0 Å². The van der Waals surface area contributed by atoms with Gasteiger partial charge in [-0.05, 0) is 53.8 Å². The third-order valence-corrected chi connectivity index (χ3v) is 3.74. The fraction of sp³-hybridized carbons (Fsp3) is 0.316. The van der Waals surface area contributed by atoms with Crippen LogP contribution in [0, 0.1) is 0 Å². The fourth-order valence-electron chi connectivity index (χ4n) is 2.43. The zero-order valence-corrected chi connectivity index (χ0v) is 14.2. The molecule has 0 saturated carbocycles. The Balaban J connectivity index is 2.31. The highest BCUT2D eigenvalue weighted by atomic mass is 35.5. The van der Waals surface area contributed by atoms with Gasteiger partial charge >= 0.3 is 0 Å². The zero-order chi connectivity index (χ0) is 16.1. The van der Waals surface area contributed by atoms with Gasteiger partial charge in [-0.25, -0.2) is 4.98 Å². The SMILES string of the molecule is C=C(CCC)c1ccc(Nc2cccc(Cl)c2)nc1C(C)C. The Morgan fingerprint density at radius 2 is 2.05 bits per heavy atom. The second-order valence-electron chi connectivity index (χ2n) is 5.77. The summed E-state index contributed by atoms with van der Waals surface area (Å²) in [6, 6.07) is 11.8. The summed E-state index contributed by atoms with van der Waals surface area (Å²) >= 11 is 6.02. The monoisotopic (exact) mass is 314 g/mol. The summed E-state index contributed by atoms with van der Waals surface area (Å²) in [5.41, 5.74) is 4.36. The molecule has 0 fully saturated rings. The average Bonchev–Trinajstić information content (AvgIpc) is 2.47. The lowest BCUT2D eigenvalue weighted by Crippen LogP contribution is -2.03. The van der Waals surface area contributed by atoms with E-state index in [1.54, 1.807) is 0 Å². The molecule has 1 N–H and O–H groups in total. The first-order chi connectivity index (χ1) is 10.5. The molecule has 2 rings (SSSR count). The van der Waals surface area contributed by atoms with Crippen molar-refractivity contribution >= 4 is 28.7 Å². The van der Waals surface area contributed by atoms with E-state index in [4.69, 9.17) is 16.6 Å². The molecule has 0 saturated heterocycles. The van der Waals surface area contributed by atoms with Gasteiger partial charge in [0.15, 0.2) is 0 Å². The van der Waals surface area contributed by atoms with E-state index in [2.05, 4.69) is 38.7 Å². The van der Waals surface area contributed by atoms with Crippen LogP contribution in [0.5, 0.6) is 0 Å². The van der Waals surface area contributed by atoms with Gasteiger partial charge in [-0.3, -0.25) is 0 Å². The molecule has 22 heavy (non-hydrogen) atoms. The molecule has 3 heteroatoms. The standard InChI is InChI=1S/C19H23ClN2/c1-5-7-14(4)17-10-11-18(22-19(17)13(2)3)21-16-9-6-8-15(20)12-16/h6,8-13H,4-5,7H2,1-3H3,(H,21,22). The van der Waals surface area contributed by atoms with Crippen molar-refractivity contribution in [1.82, 2.24) is 4.98 Å². The summed E-state index contributed by atoms with van der Waals surface area (Å²) in [5.74, 6) is 1.18. The largest absolute Gasteiger partial charge is 0.340 e. The van der Waals surface area contributed by atoms with E-state index >= 15 is 0 Å². The van der Waals surface area contributed by atoms with Gasteiger partial charge in [0.1, 0.15) is 5.82 Å². The molecule has 0 aliphatic heterocycles. The maximum absolute atomic E-state index is 6.02. The Morgan fingerprint density at radius 3 is 2.68 bits per heavy atom. The highest BCUT2D eigenvalue weighted by Gasteiger charge is 2.12. The molecule has 0 spiro atoms. The number of hydrogen-bond donors (Lipinski definition) is 1. The summed E-state index contributed by atoms with van der Waals surface area (Å²) < 4.78 is 0. The second-order valence-corrected chi connectivity index (χ2v) is 6.21. The van der Waals surface area contributed by atoms with Crippen LogP contribution < -0.4 is 5.32 Å². The van der Waals surface area contributed by atoms with Crippen LogP contribution in [0.15, 0.2) is 43.0 Å². The maximum atomic E-state index is 6.02. The van der Waals surface area contributed by atoms with Gasteiger partial charge in [0, 0.05) is 10.7 Å². The summed E-state index contributed by atoms with van der Waals surface area (Å²) in [6.07, 6.45) is 2.10. The predicted molar refractivity (Wildman–Crippen MR) is 97.0 cm³/mol. The summed E-state index contributed by atoms with van der Waals surface area (Å²) in [6.45, 7) is 10.7. The Kier molecular flexibility index (Phi) is 5.62. The molecule has 1 aromatic carbocycles. The lowest BCUT2D eigenvalue weighted by molar-refractivity contribution is 0.817. The van der Waals surface area contributed by atoms with Gasteiger partial charge in [0.05, 0.1) is 5.69 Å². The molecule has 0 atom stereocenters. The van der Waals surface area contributed by atoms with Crippen LogP contribution in [0.25, 0.3) is 5.57 Å². The highest BCUT2D eigenvalue weighted by Crippen LogP contribution is 2.28. The van der Waals surface area contributed by atoms with Gasteiger partial charge in [0.25, 0.3) is 0 Å². The van der Waals surface area contributed by atoms with E-state index in [0.717, 1.165) is 35.6 Å². The number of pyridine rings is 1. The summed E-state index contributed by atoms with van der Waals surface area (Å²) in [7, 11) is 0.